The van der Waals surface area contributed by atoms with Crippen molar-refractivity contribution < 1.29 is 14.0 Å². The van der Waals surface area contributed by atoms with Crippen LogP contribution in [0.2, 0.25) is 0 Å². The molecule has 4 rings (SSSR count). The third kappa shape index (κ3) is 4.05. The minimum absolute atomic E-state index is 0.206. The molecule has 1 saturated carbocycles. The summed E-state index contributed by atoms with van der Waals surface area (Å²) in [6, 6.07) is 12.5. The number of halogens is 1. The number of hydrogen-bond donors (Lipinski definition) is 2. The number of amides is 2. The number of nitriles is 1. The maximum absolute atomic E-state index is 13.0. The first kappa shape index (κ1) is 20.4. The summed E-state index contributed by atoms with van der Waals surface area (Å²) in [5, 5.41) is 16.7. The number of benzene rings is 2. The molecule has 6 nitrogen and oxygen atoms in total. The molecule has 1 aliphatic rings. The molecule has 0 aliphatic heterocycles. The summed E-state index contributed by atoms with van der Waals surface area (Å²) < 4.78 is 6.77. The molecule has 0 unspecified atom stereocenters. The molecule has 0 spiro atoms. The van der Waals surface area contributed by atoms with Gasteiger partial charge in [-0.3, -0.25) is 9.59 Å². The quantitative estimate of drug-likeness (QED) is 0.550. The number of carbonyl (C=O) groups excluding carboxylic acids is 2. The Morgan fingerprint density at radius 1 is 1.17 bits per heavy atom. The van der Waals surface area contributed by atoms with Crippen LogP contribution in [0.5, 0.6) is 0 Å². The average molecular weight is 468 g/mol. The highest BCUT2D eigenvalue weighted by molar-refractivity contribution is 9.10. The zero-order valence-electron chi connectivity index (χ0n) is 16.8. The zero-order chi connectivity index (χ0) is 21.5. The van der Waals surface area contributed by atoms with Gasteiger partial charge >= 0.3 is 0 Å². The van der Waals surface area contributed by atoms with Crippen LogP contribution in [-0.2, 0) is 4.79 Å². The van der Waals surface area contributed by atoms with Crippen molar-refractivity contribution >= 4 is 49.7 Å². The summed E-state index contributed by atoms with van der Waals surface area (Å²) in [6.07, 6.45) is 1.79. The van der Waals surface area contributed by atoms with E-state index in [1.807, 2.05) is 32.0 Å². The van der Waals surface area contributed by atoms with E-state index in [0.717, 1.165) is 20.8 Å². The van der Waals surface area contributed by atoms with Crippen LogP contribution in [0.4, 0.5) is 0 Å². The molecule has 2 aromatic carbocycles. The molecule has 154 valence electrons. The summed E-state index contributed by atoms with van der Waals surface area (Å²) in [4.78, 5) is 25.7. The molecule has 0 radical (unpaired) electrons. The van der Waals surface area contributed by atoms with Crippen LogP contribution in [0.15, 0.2) is 45.3 Å². The minimum Gasteiger partial charge on any atom is -0.456 e. The molecule has 2 amide bonds. The molecular weight excluding hydrogens is 446 g/mol. The van der Waals surface area contributed by atoms with E-state index in [1.54, 1.807) is 18.2 Å². The maximum atomic E-state index is 13.0. The summed E-state index contributed by atoms with van der Waals surface area (Å²) in [5.74, 6) is -0.432. The average Bonchev–Trinajstić information content (AvgIpc) is 3.38. The number of nitrogens with zero attached hydrogens (tertiary/aromatic N) is 1. The lowest BCUT2D eigenvalue weighted by atomic mass is 10.0. The highest BCUT2D eigenvalue weighted by atomic mass is 79.9. The van der Waals surface area contributed by atoms with E-state index >= 15 is 0 Å². The Morgan fingerprint density at radius 3 is 2.60 bits per heavy atom. The highest BCUT2D eigenvalue weighted by Gasteiger charge is 2.45. The third-order valence-corrected chi connectivity index (χ3v) is 5.84. The van der Waals surface area contributed by atoms with Gasteiger partial charge in [0.15, 0.2) is 0 Å². The fraction of sp³-hybridized carbons (Fsp3) is 0.348. The van der Waals surface area contributed by atoms with Crippen LogP contribution in [0.3, 0.4) is 0 Å². The van der Waals surface area contributed by atoms with E-state index in [4.69, 9.17) is 4.42 Å². The van der Waals surface area contributed by atoms with Crippen LogP contribution in [0.25, 0.3) is 21.9 Å². The van der Waals surface area contributed by atoms with Gasteiger partial charge < -0.3 is 15.1 Å². The molecule has 1 atom stereocenters. The molecule has 1 aromatic heterocycles. The Kier molecular flexibility index (Phi) is 5.29. The molecule has 30 heavy (non-hydrogen) atoms. The van der Waals surface area contributed by atoms with Gasteiger partial charge in [-0.05, 0) is 61.6 Å². The highest BCUT2D eigenvalue weighted by Crippen LogP contribution is 2.34. The lowest BCUT2D eigenvalue weighted by Crippen LogP contribution is -2.50. The number of rotatable bonds is 6. The van der Waals surface area contributed by atoms with Crippen molar-refractivity contribution in [2.24, 2.45) is 5.92 Å². The summed E-state index contributed by atoms with van der Waals surface area (Å²) >= 11 is 3.44. The van der Waals surface area contributed by atoms with E-state index in [1.165, 1.54) is 0 Å². The molecule has 7 heteroatoms. The van der Waals surface area contributed by atoms with E-state index in [-0.39, 0.29) is 17.7 Å². The van der Waals surface area contributed by atoms with Gasteiger partial charge in [-0.25, -0.2) is 0 Å². The number of fused-ring (bicyclic) bond motifs is 3. The van der Waals surface area contributed by atoms with Gasteiger partial charge in [-0.2, -0.15) is 5.26 Å². The zero-order valence-corrected chi connectivity index (χ0v) is 18.4. The fourth-order valence-corrected chi connectivity index (χ4v) is 3.89. The fourth-order valence-electron chi connectivity index (χ4n) is 3.55. The molecular formula is C23H22BrN3O3. The first-order valence-corrected chi connectivity index (χ1v) is 10.8. The van der Waals surface area contributed by atoms with Crippen LogP contribution in [0, 0.1) is 17.2 Å². The summed E-state index contributed by atoms with van der Waals surface area (Å²) in [5.41, 5.74) is 1.12. The number of carbonyl (C=O) groups is 2. The predicted octanol–water partition coefficient (Wildman–Crippen LogP) is 4.67. The van der Waals surface area contributed by atoms with E-state index in [0.29, 0.717) is 30.4 Å². The lowest BCUT2D eigenvalue weighted by Gasteiger charge is -2.21. The first-order chi connectivity index (χ1) is 14.3. The second-order valence-corrected chi connectivity index (χ2v) is 9.21. The Hall–Kier alpha value is -2.85. The minimum atomic E-state index is -0.764. The van der Waals surface area contributed by atoms with Crippen LogP contribution in [0.1, 0.15) is 43.5 Å². The van der Waals surface area contributed by atoms with Crippen molar-refractivity contribution in [3.8, 4) is 6.07 Å². The van der Waals surface area contributed by atoms with Gasteiger partial charge in [-0.1, -0.05) is 29.8 Å². The van der Waals surface area contributed by atoms with Crippen molar-refractivity contribution in [2.75, 3.05) is 0 Å². The summed E-state index contributed by atoms with van der Waals surface area (Å²) in [7, 11) is 0. The van der Waals surface area contributed by atoms with Crippen LogP contribution < -0.4 is 10.6 Å². The van der Waals surface area contributed by atoms with Crippen LogP contribution >= 0.6 is 15.9 Å². The Labute approximate surface area is 182 Å². The maximum Gasteiger partial charge on any atom is 0.251 e. The SMILES string of the molecule is CC(C)C[C@H](NC(=O)c1ccc2oc3cc(Br)ccc3c2c1)C(=O)NC1(C#N)CC1. The van der Waals surface area contributed by atoms with Crippen molar-refractivity contribution in [3.63, 3.8) is 0 Å². The molecule has 2 N–H and O–H groups in total. The van der Waals surface area contributed by atoms with Crippen molar-refractivity contribution in [1.82, 2.24) is 10.6 Å². The second kappa shape index (κ2) is 7.77. The van der Waals surface area contributed by atoms with Crippen molar-refractivity contribution in [3.05, 3.63) is 46.4 Å². The topological polar surface area (TPSA) is 95.1 Å². The molecule has 1 aliphatic carbocycles. The van der Waals surface area contributed by atoms with Gasteiger partial charge in [0.25, 0.3) is 5.91 Å². The van der Waals surface area contributed by atoms with E-state index in [9.17, 15) is 14.9 Å². The third-order valence-electron chi connectivity index (χ3n) is 5.35. The first-order valence-electron chi connectivity index (χ1n) is 9.96. The van der Waals surface area contributed by atoms with Gasteiger partial charge in [0.2, 0.25) is 5.91 Å². The van der Waals surface area contributed by atoms with Gasteiger partial charge in [0, 0.05) is 20.8 Å². The van der Waals surface area contributed by atoms with Gasteiger partial charge in [0.05, 0.1) is 6.07 Å². The normalized spacial score (nSPS) is 15.7. The van der Waals surface area contributed by atoms with Gasteiger partial charge in [0.1, 0.15) is 22.7 Å². The monoisotopic (exact) mass is 467 g/mol. The smallest absolute Gasteiger partial charge is 0.251 e. The molecule has 0 bridgehead atoms. The van der Waals surface area contributed by atoms with E-state index in [2.05, 4.69) is 32.6 Å². The second-order valence-electron chi connectivity index (χ2n) is 8.29. The Bertz CT molecular complexity index is 1190. The molecule has 1 fully saturated rings. The van der Waals surface area contributed by atoms with Crippen LogP contribution in [-0.4, -0.2) is 23.4 Å². The number of furan rings is 1. The Morgan fingerprint density at radius 2 is 1.93 bits per heavy atom. The largest absolute Gasteiger partial charge is 0.456 e. The summed E-state index contributed by atoms with van der Waals surface area (Å²) in [6.45, 7) is 3.98. The predicted molar refractivity (Wildman–Crippen MR) is 118 cm³/mol. The Balaban J connectivity index is 1.58. The molecule has 3 aromatic rings. The van der Waals surface area contributed by atoms with Gasteiger partial charge in [-0.15, -0.1) is 0 Å². The number of hydrogen-bond acceptors (Lipinski definition) is 4. The van der Waals surface area contributed by atoms with Crippen molar-refractivity contribution in [1.29, 1.82) is 5.26 Å². The van der Waals surface area contributed by atoms with Crippen molar-refractivity contribution in [2.45, 2.75) is 44.7 Å². The lowest BCUT2D eigenvalue weighted by molar-refractivity contribution is -0.123. The van der Waals surface area contributed by atoms with E-state index < -0.39 is 11.6 Å². The number of nitrogens with one attached hydrogen (secondary N) is 2. The standard InChI is InChI=1S/C23H22BrN3O3/c1-13(2)9-18(22(29)27-23(12-25)7-8-23)26-21(28)14-3-6-19-17(10-14)16-5-4-15(24)11-20(16)30-19/h3-6,10-11,13,18H,7-9H2,1-2H3,(H,26,28)(H,27,29)/t18-/m0/s1. The molecule has 0 saturated heterocycles. The molecule has 1 heterocycles.